The summed E-state index contributed by atoms with van der Waals surface area (Å²) >= 11 is 0. The van der Waals surface area contributed by atoms with Crippen molar-refractivity contribution in [3.05, 3.63) is 59.9 Å². The first-order valence-electron chi connectivity index (χ1n) is 8.54. The van der Waals surface area contributed by atoms with Crippen molar-refractivity contribution in [2.75, 3.05) is 6.54 Å². The van der Waals surface area contributed by atoms with Crippen molar-refractivity contribution in [2.24, 2.45) is 0 Å². The highest BCUT2D eigenvalue weighted by Gasteiger charge is 2.17. The number of fused-ring (bicyclic) bond motifs is 1. The Bertz CT molecular complexity index is 956. The first-order valence-corrected chi connectivity index (χ1v) is 8.54. The van der Waals surface area contributed by atoms with Gasteiger partial charge in [-0.15, -0.1) is 0 Å². The molecule has 1 heterocycles. The van der Waals surface area contributed by atoms with E-state index in [-0.39, 0.29) is 24.4 Å². The molecule has 1 atom stereocenters. The maximum atomic E-state index is 11.9. The van der Waals surface area contributed by atoms with E-state index >= 15 is 0 Å². The van der Waals surface area contributed by atoms with Gasteiger partial charge in [-0.1, -0.05) is 36.4 Å². The van der Waals surface area contributed by atoms with Crippen molar-refractivity contribution in [1.82, 2.24) is 20.4 Å². The van der Waals surface area contributed by atoms with Crippen molar-refractivity contribution < 1.29 is 9.59 Å². The van der Waals surface area contributed by atoms with Gasteiger partial charge in [-0.25, -0.2) is 4.68 Å². The highest BCUT2D eigenvalue weighted by Crippen LogP contribution is 2.25. The predicted octanol–water partition coefficient (Wildman–Crippen LogP) is 2.65. The van der Waals surface area contributed by atoms with Crippen LogP contribution in [0.15, 0.2) is 48.7 Å². The smallest absolute Gasteiger partial charge is 0.239 e. The van der Waals surface area contributed by atoms with Crippen molar-refractivity contribution in [1.29, 1.82) is 0 Å². The second-order valence-electron chi connectivity index (χ2n) is 6.29. The molecule has 0 saturated heterocycles. The Kier molecular flexibility index (Phi) is 5.02. The molecule has 26 heavy (non-hydrogen) atoms. The van der Waals surface area contributed by atoms with Gasteiger partial charge in [0.05, 0.1) is 24.5 Å². The Morgan fingerprint density at radius 1 is 1.15 bits per heavy atom. The first-order chi connectivity index (χ1) is 12.5. The summed E-state index contributed by atoms with van der Waals surface area (Å²) in [6.45, 7) is 5.24. The molecule has 0 spiro atoms. The monoisotopic (exact) mass is 350 g/mol. The Morgan fingerprint density at radius 2 is 1.88 bits per heavy atom. The van der Waals surface area contributed by atoms with E-state index in [9.17, 15) is 9.59 Å². The number of carbonyl (C=O) groups is 2. The van der Waals surface area contributed by atoms with Crippen LogP contribution in [0.1, 0.15) is 31.1 Å². The van der Waals surface area contributed by atoms with Crippen LogP contribution in [0.25, 0.3) is 16.5 Å². The Hall–Kier alpha value is -3.15. The average Bonchev–Trinajstić information content (AvgIpc) is 3.01. The number of amides is 2. The second kappa shape index (κ2) is 7.39. The number of benzene rings is 2. The fraction of sp³-hybridized carbons (Fsp3) is 0.250. The summed E-state index contributed by atoms with van der Waals surface area (Å²) in [4.78, 5) is 22.9. The summed E-state index contributed by atoms with van der Waals surface area (Å²) in [6, 6.07) is 14.1. The molecule has 1 unspecified atom stereocenters. The van der Waals surface area contributed by atoms with Crippen molar-refractivity contribution in [3.63, 3.8) is 0 Å². The zero-order valence-electron chi connectivity index (χ0n) is 15.1. The molecule has 3 rings (SSSR count). The molecule has 0 fully saturated rings. The lowest BCUT2D eigenvalue weighted by Crippen LogP contribution is -2.37. The van der Waals surface area contributed by atoms with Crippen LogP contribution in [0.5, 0.6) is 0 Å². The summed E-state index contributed by atoms with van der Waals surface area (Å²) in [5.74, 6) is -0.460. The molecular weight excluding hydrogens is 328 g/mol. The minimum absolute atomic E-state index is 0.0316. The largest absolute Gasteiger partial charge is 0.348 e. The van der Waals surface area contributed by atoms with Crippen LogP contribution in [-0.2, 0) is 9.59 Å². The van der Waals surface area contributed by atoms with E-state index in [1.54, 1.807) is 6.20 Å². The quantitative estimate of drug-likeness (QED) is 0.743. The molecule has 134 valence electrons. The summed E-state index contributed by atoms with van der Waals surface area (Å²) in [5, 5.41) is 12.2. The van der Waals surface area contributed by atoms with Gasteiger partial charge >= 0.3 is 0 Å². The maximum absolute atomic E-state index is 11.9. The third-order valence-corrected chi connectivity index (χ3v) is 4.38. The lowest BCUT2D eigenvalue weighted by molar-refractivity contribution is -0.125. The SMILES string of the molecule is CC(=O)NCC(=O)NC(C)c1cnn(-c2cccc3ccccc23)c1C. The molecule has 6 heteroatoms. The zero-order chi connectivity index (χ0) is 18.7. The summed E-state index contributed by atoms with van der Waals surface area (Å²) < 4.78 is 1.90. The van der Waals surface area contributed by atoms with Gasteiger partial charge in [0.2, 0.25) is 11.8 Å². The van der Waals surface area contributed by atoms with Gasteiger partial charge in [-0.2, -0.15) is 5.10 Å². The number of aromatic nitrogens is 2. The molecule has 0 radical (unpaired) electrons. The van der Waals surface area contributed by atoms with Crippen LogP contribution >= 0.6 is 0 Å². The van der Waals surface area contributed by atoms with Crippen molar-refractivity contribution in [2.45, 2.75) is 26.8 Å². The maximum Gasteiger partial charge on any atom is 0.239 e. The molecule has 2 N–H and O–H groups in total. The predicted molar refractivity (Wildman–Crippen MR) is 101 cm³/mol. The van der Waals surface area contributed by atoms with Crippen LogP contribution in [0.3, 0.4) is 0 Å². The Balaban J connectivity index is 1.86. The number of hydrogen-bond donors (Lipinski definition) is 2. The number of carbonyl (C=O) groups excluding carboxylic acids is 2. The molecule has 2 aromatic carbocycles. The molecular formula is C20H22N4O2. The normalized spacial score (nSPS) is 12.0. The average molecular weight is 350 g/mol. The van der Waals surface area contributed by atoms with E-state index in [1.165, 1.54) is 6.92 Å². The topological polar surface area (TPSA) is 76.0 Å². The van der Waals surface area contributed by atoms with E-state index in [0.717, 1.165) is 27.7 Å². The fourth-order valence-corrected chi connectivity index (χ4v) is 3.06. The number of nitrogens with one attached hydrogen (secondary N) is 2. The van der Waals surface area contributed by atoms with Crippen LogP contribution in [0, 0.1) is 6.92 Å². The minimum atomic E-state index is -0.231. The molecule has 1 aromatic heterocycles. The molecule has 0 aliphatic heterocycles. The van der Waals surface area contributed by atoms with Crippen LogP contribution in [0.4, 0.5) is 0 Å². The van der Waals surface area contributed by atoms with Gasteiger partial charge in [0, 0.05) is 23.6 Å². The van der Waals surface area contributed by atoms with Gasteiger partial charge in [0.1, 0.15) is 0 Å². The summed E-state index contributed by atoms with van der Waals surface area (Å²) in [6.07, 6.45) is 1.78. The minimum Gasteiger partial charge on any atom is -0.348 e. The molecule has 0 bridgehead atoms. The van der Waals surface area contributed by atoms with E-state index in [0.29, 0.717) is 0 Å². The molecule has 3 aromatic rings. The van der Waals surface area contributed by atoms with E-state index in [2.05, 4.69) is 33.9 Å². The van der Waals surface area contributed by atoms with Crippen LogP contribution in [0.2, 0.25) is 0 Å². The van der Waals surface area contributed by atoms with E-state index in [4.69, 9.17) is 0 Å². The number of hydrogen-bond acceptors (Lipinski definition) is 3. The molecule has 0 aliphatic carbocycles. The van der Waals surface area contributed by atoms with Gasteiger partial charge in [0.15, 0.2) is 0 Å². The van der Waals surface area contributed by atoms with Gasteiger partial charge in [-0.3, -0.25) is 9.59 Å². The summed E-state index contributed by atoms with van der Waals surface area (Å²) in [7, 11) is 0. The van der Waals surface area contributed by atoms with Crippen LogP contribution in [-0.4, -0.2) is 28.1 Å². The molecule has 0 saturated carbocycles. The van der Waals surface area contributed by atoms with E-state index < -0.39 is 0 Å². The molecule has 6 nitrogen and oxygen atoms in total. The van der Waals surface area contributed by atoms with E-state index in [1.807, 2.05) is 42.8 Å². The number of nitrogens with zero attached hydrogens (tertiary/aromatic N) is 2. The highest BCUT2D eigenvalue weighted by atomic mass is 16.2. The van der Waals surface area contributed by atoms with Gasteiger partial charge in [-0.05, 0) is 25.3 Å². The van der Waals surface area contributed by atoms with Crippen molar-refractivity contribution >= 4 is 22.6 Å². The Morgan fingerprint density at radius 3 is 2.65 bits per heavy atom. The first kappa shape index (κ1) is 17.7. The number of rotatable bonds is 5. The molecule has 0 aliphatic rings. The van der Waals surface area contributed by atoms with Gasteiger partial charge < -0.3 is 10.6 Å². The van der Waals surface area contributed by atoms with Gasteiger partial charge in [0.25, 0.3) is 0 Å². The Labute approximate surface area is 152 Å². The lowest BCUT2D eigenvalue weighted by Gasteiger charge is -2.15. The van der Waals surface area contributed by atoms with Crippen LogP contribution < -0.4 is 10.6 Å². The standard InChI is InChI=1S/C20H22N4O2/c1-13(23-20(26)12-21-15(3)25)18-11-22-24(14(18)2)19-10-6-8-16-7-4-5-9-17(16)19/h4-11,13H,12H2,1-3H3,(H,21,25)(H,23,26). The lowest BCUT2D eigenvalue weighted by atomic mass is 10.1. The molecule has 2 amide bonds. The third kappa shape index (κ3) is 3.59. The van der Waals surface area contributed by atoms with Crippen molar-refractivity contribution in [3.8, 4) is 5.69 Å². The third-order valence-electron chi connectivity index (χ3n) is 4.38. The summed E-state index contributed by atoms with van der Waals surface area (Å²) in [5.41, 5.74) is 2.91. The zero-order valence-corrected chi connectivity index (χ0v) is 15.1. The highest BCUT2D eigenvalue weighted by molar-refractivity contribution is 5.90. The second-order valence-corrected chi connectivity index (χ2v) is 6.29. The fourth-order valence-electron chi connectivity index (χ4n) is 3.06.